The molecule has 7 heteroatoms. The molecule has 0 saturated carbocycles. The van der Waals surface area contributed by atoms with Crippen LogP contribution in [0, 0.1) is 0 Å². The minimum Gasteiger partial charge on any atom is -0.335 e. The third kappa shape index (κ3) is 5.36. The number of nitrogens with one attached hydrogen (secondary N) is 1. The molecule has 0 unspecified atom stereocenters. The number of hydrogen-bond donors (Lipinski definition) is 1. The van der Waals surface area contributed by atoms with Crippen LogP contribution in [-0.4, -0.2) is 54.3 Å². The van der Waals surface area contributed by atoms with Crippen LogP contribution in [0.15, 0.2) is 18.2 Å². The molecule has 0 aromatic heterocycles. The molecular formula is C17H23Cl2N3O2. The molecule has 1 heterocycles. The summed E-state index contributed by atoms with van der Waals surface area (Å²) in [5.74, 6) is -0.316. The fraction of sp³-hybridized carbons (Fsp3) is 0.529. The van der Waals surface area contributed by atoms with E-state index < -0.39 is 0 Å². The van der Waals surface area contributed by atoms with Crippen molar-refractivity contribution in [1.29, 1.82) is 0 Å². The summed E-state index contributed by atoms with van der Waals surface area (Å²) >= 11 is 11.8. The fourth-order valence-corrected chi connectivity index (χ4v) is 3.06. The molecule has 2 rings (SSSR count). The number of benzene rings is 1. The number of likely N-dealkylation sites (N-methyl/N-ethyl adjacent to an activating group) is 1. The van der Waals surface area contributed by atoms with Gasteiger partial charge in [-0.15, -0.1) is 0 Å². The van der Waals surface area contributed by atoms with E-state index in [-0.39, 0.29) is 18.4 Å². The van der Waals surface area contributed by atoms with Gasteiger partial charge in [0, 0.05) is 18.8 Å². The summed E-state index contributed by atoms with van der Waals surface area (Å²) in [5, 5.41) is 3.52. The first-order valence-electron chi connectivity index (χ1n) is 8.09. The van der Waals surface area contributed by atoms with Crippen molar-refractivity contribution in [3.8, 4) is 0 Å². The standard InChI is InChI=1S/C17H23Cl2N3O2/c1-12-5-3-4-8-22(12)11-17(24)21(2)10-16(23)20-13-6-7-14(18)15(19)9-13/h6-7,9,12H,3-5,8,10-11H2,1-2H3,(H,20,23)/t12-/m0/s1. The molecule has 1 atom stereocenters. The fourth-order valence-electron chi connectivity index (χ4n) is 2.76. The first-order chi connectivity index (χ1) is 11.4. The van der Waals surface area contributed by atoms with Crippen molar-refractivity contribution >= 4 is 40.7 Å². The molecule has 2 amide bonds. The molecule has 1 aliphatic rings. The Labute approximate surface area is 152 Å². The van der Waals surface area contributed by atoms with E-state index in [1.165, 1.54) is 11.3 Å². The Hall–Kier alpha value is -1.30. The normalized spacial score (nSPS) is 18.2. The number of carbonyl (C=O) groups excluding carboxylic acids is 2. The van der Waals surface area contributed by atoms with E-state index in [2.05, 4.69) is 17.1 Å². The second-order valence-corrected chi connectivity index (χ2v) is 7.06. The highest BCUT2D eigenvalue weighted by molar-refractivity contribution is 6.42. The molecule has 1 aliphatic heterocycles. The number of halogens is 2. The lowest BCUT2D eigenvalue weighted by atomic mass is 10.0. The van der Waals surface area contributed by atoms with Gasteiger partial charge in [0.25, 0.3) is 0 Å². The van der Waals surface area contributed by atoms with Gasteiger partial charge in [-0.2, -0.15) is 0 Å². The number of rotatable bonds is 5. The lowest BCUT2D eigenvalue weighted by molar-refractivity contribution is -0.135. The van der Waals surface area contributed by atoms with Crippen molar-refractivity contribution in [2.24, 2.45) is 0 Å². The molecule has 1 N–H and O–H groups in total. The molecule has 0 radical (unpaired) electrons. The van der Waals surface area contributed by atoms with Crippen LogP contribution < -0.4 is 5.32 Å². The molecule has 1 fully saturated rings. The van der Waals surface area contributed by atoms with Crippen molar-refractivity contribution in [2.75, 3.05) is 32.0 Å². The number of anilines is 1. The molecule has 132 valence electrons. The van der Waals surface area contributed by atoms with E-state index in [1.54, 1.807) is 25.2 Å². The highest BCUT2D eigenvalue weighted by Crippen LogP contribution is 2.25. The van der Waals surface area contributed by atoms with Crippen LogP contribution >= 0.6 is 23.2 Å². The van der Waals surface area contributed by atoms with Crippen molar-refractivity contribution in [3.05, 3.63) is 28.2 Å². The monoisotopic (exact) mass is 371 g/mol. The summed E-state index contributed by atoms with van der Waals surface area (Å²) in [6.07, 6.45) is 3.46. The molecular weight excluding hydrogens is 349 g/mol. The minimum absolute atomic E-state index is 0.00129. The lowest BCUT2D eigenvalue weighted by Crippen LogP contribution is -2.46. The van der Waals surface area contributed by atoms with Gasteiger partial charge in [-0.05, 0) is 44.5 Å². The zero-order chi connectivity index (χ0) is 17.7. The van der Waals surface area contributed by atoms with E-state index in [9.17, 15) is 9.59 Å². The number of piperidine rings is 1. The Balaban J connectivity index is 1.83. The van der Waals surface area contributed by atoms with Crippen molar-refractivity contribution in [1.82, 2.24) is 9.80 Å². The molecule has 1 aromatic rings. The maximum atomic E-state index is 12.3. The van der Waals surface area contributed by atoms with E-state index in [4.69, 9.17) is 23.2 Å². The van der Waals surface area contributed by atoms with Crippen LogP contribution in [0.2, 0.25) is 10.0 Å². The van der Waals surface area contributed by atoms with E-state index in [1.807, 2.05) is 0 Å². The largest absolute Gasteiger partial charge is 0.335 e. The SMILES string of the molecule is C[C@H]1CCCCN1CC(=O)N(C)CC(=O)Nc1ccc(Cl)c(Cl)c1. The smallest absolute Gasteiger partial charge is 0.243 e. The second-order valence-electron chi connectivity index (χ2n) is 6.24. The first kappa shape index (κ1) is 19.0. The van der Waals surface area contributed by atoms with Gasteiger partial charge >= 0.3 is 0 Å². The summed E-state index contributed by atoms with van der Waals surface area (Å²) in [4.78, 5) is 28.0. The van der Waals surface area contributed by atoms with Crippen LogP contribution in [0.3, 0.4) is 0 Å². The topological polar surface area (TPSA) is 52.7 Å². The van der Waals surface area contributed by atoms with Gasteiger partial charge in [0.1, 0.15) is 0 Å². The Kier molecular flexibility index (Phi) is 6.90. The maximum absolute atomic E-state index is 12.3. The van der Waals surface area contributed by atoms with Crippen LogP contribution in [-0.2, 0) is 9.59 Å². The van der Waals surface area contributed by atoms with Crippen molar-refractivity contribution in [3.63, 3.8) is 0 Å². The van der Waals surface area contributed by atoms with Crippen LogP contribution in [0.1, 0.15) is 26.2 Å². The predicted octanol–water partition coefficient (Wildman–Crippen LogP) is 3.26. The summed E-state index contributed by atoms with van der Waals surface area (Å²) < 4.78 is 0. The van der Waals surface area contributed by atoms with Gasteiger partial charge in [0.15, 0.2) is 0 Å². The van der Waals surface area contributed by atoms with E-state index >= 15 is 0 Å². The number of carbonyl (C=O) groups is 2. The van der Waals surface area contributed by atoms with E-state index in [0.29, 0.717) is 28.3 Å². The third-order valence-corrected chi connectivity index (χ3v) is 5.03. The zero-order valence-corrected chi connectivity index (χ0v) is 15.5. The summed E-state index contributed by atoms with van der Waals surface area (Å²) in [5.41, 5.74) is 0.555. The summed E-state index contributed by atoms with van der Waals surface area (Å²) in [7, 11) is 1.64. The van der Waals surface area contributed by atoms with Crippen molar-refractivity contribution in [2.45, 2.75) is 32.2 Å². The first-order valence-corrected chi connectivity index (χ1v) is 8.85. The summed E-state index contributed by atoms with van der Waals surface area (Å²) in [6, 6.07) is 5.29. The number of hydrogen-bond acceptors (Lipinski definition) is 3. The van der Waals surface area contributed by atoms with Gasteiger partial charge in [-0.25, -0.2) is 0 Å². The Bertz CT molecular complexity index is 609. The molecule has 1 aromatic carbocycles. The zero-order valence-electron chi connectivity index (χ0n) is 14.0. The van der Waals surface area contributed by atoms with Crippen molar-refractivity contribution < 1.29 is 9.59 Å². The van der Waals surface area contributed by atoms with Gasteiger partial charge in [-0.1, -0.05) is 29.6 Å². The average Bonchev–Trinajstić information content (AvgIpc) is 2.53. The molecule has 24 heavy (non-hydrogen) atoms. The molecule has 0 spiro atoms. The average molecular weight is 372 g/mol. The van der Waals surface area contributed by atoms with Gasteiger partial charge in [0.2, 0.25) is 11.8 Å². The number of nitrogens with zero attached hydrogens (tertiary/aromatic N) is 2. The molecule has 5 nitrogen and oxygen atoms in total. The molecule has 0 aliphatic carbocycles. The number of amides is 2. The Morgan fingerprint density at radius 1 is 1.29 bits per heavy atom. The lowest BCUT2D eigenvalue weighted by Gasteiger charge is -2.33. The maximum Gasteiger partial charge on any atom is 0.243 e. The Morgan fingerprint density at radius 3 is 2.71 bits per heavy atom. The van der Waals surface area contributed by atoms with Gasteiger partial charge in [-0.3, -0.25) is 14.5 Å². The minimum atomic E-state index is -0.268. The summed E-state index contributed by atoms with van der Waals surface area (Å²) in [6.45, 7) is 3.44. The quantitative estimate of drug-likeness (QED) is 0.863. The van der Waals surface area contributed by atoms with Gasteiger partial charge in [0.05, 0.1) is 23.1 Å². The molecule has 0 bridgehead atoms. The highest BCUT2D eigenvalue weighted by atomic mass is 35.5. The van der Waals surface area contributed by atoms with Crippen LogP contribution in [0.5, 0.6) is 0 Å². The number of likely N-dealkylation sites (tertiary alicyclic amines) is 1. The van der Waals surface area contributed by atoms with E-state index in [0.717, 1.165) is 19.4 Å². The Morgan fingerprint density at radius 2 is 2.04 bits per heavy atom. The second kappa shape index (κ2) is 8.70. The van der Waals surface area contributed by atoms with Crippen LogP contribution in [0.4, 0.5) is 5.69 Å². The van der Waals surface area contributed by atoms with Gasteiger partial charge < -0.3 is 10.2 Å². The predicted molar refractivity (Wildman–Crippen MR) is 97.6 cm³/mol. The molecule has 1 saturated heterocycles. The van der Waals surface area contributed by atoms with Crippen LogP contribution in [0.25, 0.3) is 0 Å². The highest BCUT2D eigenvalue weighted by Gasteiger charge is 2.22. The third-order valence-electron chi connectivity index (χ3n) is 4.29.